The van der Waals surface area contributed by atoms with E-state index in [9.17, 15) is 16.8 Å². The Morgan fingerprint density at radius 1 is 0.833 bits per heavy atom. The largest absolute Gasteiger partial charge is 0.219 e. The van der Waals surface area contributed by atoms with Gasteiger partial charge in [0.05, 0.1) is 9.79 Å². The van der Waals surface area contributed by atoms with Crippen LogP contribution in [0.2, 0.25) is 0 Å². The average molecular weight is 286 g/mol. The standard InChI is InChI=1S/C12H14O4S2/c1-5-17(13,14)11-8-12(18(15,16)6-2)10(4)7-9(11)3/h5-8H,1-2H2,3-4H3. The van der Waals surface area contributed by atoms with Crippen LogP contribution in [0.15, 0.2) is 45.9 Å². The molecule has 0 atom stereocenters. The zero-order valence-electron chi connectivity index (χ0n) is 10.2. The molecule has 0 unspecified atom stereocenters. The molecule has 1 rings (SSSR count). The van der Waals surface area contributed by atoms with E-state index in [0.29, 0.717) is 11.1 Å². The molecular formula is C12H14O4S2. The molecule has 0 aromatic heterocycles. The van der Waals surface area contributed by atoms with E-state index < -0.39 is 19.7 Å². The summed E-state index contributed by atoms with van der Waals surface area (Å²) < 4.78 is 47.0. The molecule has 0 saturated heterocycles. The van der Waals surface area contributed by atoms with Crippen LogP contribution >= 0.6 is 0 Å². The van der Waals surface area contributed by atoms with E-state index in [4.69, 9.17) is 0 Å². The Hall–Kier alpha value is -1.40. The van der Waals surface area contributed by atoms with Crippen LogP contribution in [0, 0.1) is 13.8 Å². The summed E-state index contributed by atoms with van der Waals surface area (Å²) in [7, 11) is -7.34. The fourth-order valence-electron chi connectivity index (χ4n) is 1.61. The van der Waals surface area contributed by atoms with Crippen molar-refractivity contribution in [1.29, 1.82) is 0 Å². The third-order valence-electron chi connectivity index (χ3n) is 2.52. The second-order valence-corrected chi connectivity index (χ2v) is 7.53. The van der Waals surface area contributed by atoms with Crippen molar-refractivity contribution in [2.45, 2.75) is 23.6 Å². The third kappa shape index (κ3) is 2.54. The van der Waals surface area contributed by atoms with Gasteiger partial charge >= 0.3 is 0 Å². The van der Waals surface area contributed by atoms with Crippen LogP contribution in [0.25, 0.3) is 0 Å². The summed E-state index contributed by atoms with van der Waals surface area (Å²) >= 11 is 0. The summed E-state index contributed by atoms with van der Waals surface area (Å²) in [4.78, 5) is -0.105. The van der Waals surface area contributed by atoms with Crippen LogP contribution in [0.1, 0.15) is 11.1 Å². The fourth-order valence-corrected chi connectivity index (χ4v) is 3.62. The van der Waals surface area contributed by atoms with Crippen molar-refractivity contribution < 1.29 is 16.8 Å². The molecule has 0 spiro atoms. The molecule has 0 aliphatic carbocycles. The molecule has 98 valence electrons. The van der Waals surface area contributed by atoms with Gasteiger partial charge < -0.3 is 0 Å². The maximum atomic E-state index is 11.8. The Labute approximate surface area is 107 Å². The number of aryl methyl sites for hydroxylation is 2. The number of hydrogen-bond donors (Lipinski definition) is 0. The van der Waals surface area contributed by atoms with Gasteiger partial charge in [-0.25, -0.2) is 16.8 Å². The fraction of sp³-hybridized carbons (Fsp3) is 0.167. The zero-order valence-corrected chi connectivity index (χ0v) is 11.8. The van der Waals surface area contributed by atoms with E-state index in [1.54, 1.807) is 13.8 Å². The third-order valence-corrected chi connectivity index (χ3v) is 5.51. The van der Waals surface area contributed by atoms with Crippen LogP contribution in [-0.2, 0) is 19.7 Å². The highest BCUT2D eigenvalue weighted by atomic mass is 32.2. The smallest absolute Gasteiger partial charge is 0.199 e. The van der Waals surface area contributed by atoms with Crippen molar-refractivity contribution in [2.75, 3.05) is 0 Å². The zero-order chi connectivity index (χ0) is 14.1. The van der Waals surface area contributed by atoms with Crippen LogP contribution in [0.3, 0.4) is 0 Å². The molecule has 0 bridgehead atoms. The van der Waals surface area contributed by atoms with Gasteiger partial charge in [0, 0.05) is 10.8 Å². The number of benzene rings is 1. The summed E-state index contributed by atoms with van der Waals surface area (Å²) in [6.45, 7) is 9.66. The molecule has 0 aliphatic rings. The number of rotatable bonds is 4. The Balaban J connectivity index is 3.77. The highest BCUT2D eigenvalue weighted by Gasteiger charge is 2.20. The van der Waals surface area contributed by atoms with E-state index in [1.807, 2.05) is 0 Å². The van der Waals surface area contributed by atoms with Gasteiger partial charge in [0.1, 0.15) is 0 Å². The second kappa shape index (κ2) is 4.70. The minimum atomic E-state index is -3.67. The Bertz CT molecular complexity index is 651. The molecule has 4 nitrogen and oxygen atoms in total. The maximum Gasteiger partial charge on any atom is 0.199 e. The lowest BCUT2D eigenvalue weighted by Gasteiger charge is -2.10. The summed E-state index contributed by atoms with van der Waals surface area (Å²) in [5.41, 5.74) is 0.964. The first-order valence-corrected chi connectivity index (χ1v) is 8.11. The number of hydrogen-bond acceptors (Lipinski definition) is 4. The normalized spacial score (nSPS) is 12.1. The van der Waals surface area contributed by atoms with Gasteiger partial charge in [0.2, 0.25) is 0 Å². The van der Waals surface area contributed by atoms with E-state index in [2.05, 4.69) is 13.2 Å². The predicted molar refractivity (Wildman–Crippen MR) is 70.7 cm³/mol. The highest BCUT2D eigenvalue weighted by Crippen LogP contribution is 2.26. The van der Waals surface area contributed by atoms with E-state index in [0.717, 1.165) is 16.9 Å². The average Bonchev–Trinajstić information content (AvgIpc) is 2.28. The first kappa shape index (κ1) is 14.7. The van der Waals surface area contributed by atoms with Crippen LogP contribution in [0.4, 0.5) is 0 Å². The van der Waals surface area contributed by atoms with Crippen molar-refractivity contribution in [3.05, 3.63) is 47.2 Å². The number of sulfone groups is 2. The van der Waals surface area contributed by atoms with Crippen molar-refractivity contribution in [3.8, 4) is 0 Å². The highest BCUT2D eigenvalue weighted by molar-refractivity contribution is 7.95. The molecule has 0 fully saturated rings. The summed E-state index contributed by atoms with van der Waals surface area (Å²) in [6.07, 6.45) is 0. The van der Waals surface area contributed by atoms with Gasteiger partial charge in [-0.05, 0) is 31.0 Å². The lowest BCUT2D eigenvalue weighted by Crippen LogP contribution is -2.05. The van der Waals surface area contributed by atoms with E-state index in [-0.39, 0.29) is 9.79 Å². The van der Waals surface area contributed by atoms with Crippen LogP contribution in [-0.4, -0.2) is 16.8 Å². The van der Waals surface area contributed by atoms with Crippen molar-refractivity contribution >= 4 is 19.7 Å². The van der Waals surface area contributed by atoms with Crippen molar-refractivity contribution in [1.82, 2.24) is 0 Å². The Kier molecular flexibility index (Phi) is 3.83. The Morgan fingerprint density at radius 2 is 1.17 bits per heavy atom. The lowest BCUT2D eigenvalue weighted by atomic mass is 10.2. The quantitative estimate of drug-likeness (QED) is 0.850. The molecule has 0 radical (unpaired) electrons. The van der Waals surface area contributed by atoms with Crippen LogP contribution in [0.5, 0.6) is 0 Å². The summed E-state index contributed by atoms with van der Waals surface area (Å²) in [5.74, 6) is 0. The molecule has 1 aromatic carbocycles. The molecular weight excluding hydrogens is 272 g/mol. The van der Waals surface area contributed by atoms with Crippen molar-refractivity contribution in [2.24, 2.45) is 0 Å². The van der Waals surface area contributed by atoms with Gasteiger partial charge in [0.25, 0.3) is 0 Å². The molecule has 18 heavy (non-hydrogen) atoms. The second-order valence-electron chi connectivity index (χ2n) is 3.81. The molecule has 0 amide bonds. The summed E-state index contributed by atoms with van der Waals surface area (Å²) in [5, 5.41) is 1.60. The van der Waals surface area contributed by atoms with Crippen molar-refractivity contribution in [3.63, 3.8) is 0 Å². The van der Waals surface area contributed by atoms with Crippen LogP contribution < -0.4 is 0 Å². The summed E-state index contributed by atoms with van der Waals surface area (Å²) in [6, 6.07) is 2.67. The first-order valence-electron chi connectivity index (χ1n) is 5.02. The first-order chi connectivity index (χ1) is 8.15. The lowest BCUT2D eigenvalue weighted by molar-refractivity contribution is 0.602. The van der Waals surface area contributed by atoms with Gasteiger partial charge in [-0.1, -0.05) is 19.2 Å². The van der Waals surface area contributed by atoms with Gasteiger partial charge in [0.15, 0.2) is 19.7 Å². The SMILES string of the molecule is C=CS(=O)(=O)c1cc(S(=O)(=O)C=C)c(C)cc1C. The minimum absolute atomic E-state index is 0.0523. The maximum absolute atomic E-state index is 11.8. The monoisotopic (exact) mass is 286 g/mol. The minimum Gasteiger partial charge on any atom is -0.219 e. The Morgan fingerprint density at radius 3 is 1.44 bits per heavy atom. The molecule has 0 saturated carbocycles. The molecule has 0 N–H and O–H groups in total. The topological polar surface area (TPSA) is 68.3 Å². The van der Waals surface area contributed by atoms with E-state index >= 15 is 0 Å². The molecule has 1 aromatic rings. The molecule has 6 heteroatoms. The van der Waals surface area contributed by atoms with Gasteiger partial charge in [-0.15, -0.1) is 0 Å². The van der Waals surface area contributed by atoms with Gasteiger partial charge in [-0.3, -0.25) is 0 Å². The van der Waals surface area contributed by atoms with E-state index in [1.165, 1.54) is 6.07 Å². The molecule has 0 aliphatic heterocycles. The predicted octanol–water partition coefficient (Wildman–Crippen LogP) is 2.14. The molecule has 0 heterocycles. The van der Waals surface area contributed by atoms with Gasteiger partial charge in [-0.2, -0.15) is 0 Å².